The first-order valence-electron chi connectivity index (χ1n) is 7.98. The van der Waals surface area contributed by atoms with Crippen LogP contribution in [0, 0.1) is 0 Å². The maximum atomic E-state index is 12.6. The second-order valence-corrected chi connectivity index (χ2v) is 7.67. The predicted octanol–water partition coefficient (Wildman–Crippen LogP) is 1.75. The van der Waals surface area contributed by atoms with Gasteiger partial charge in [-0.1, -0.05) is 11.6 Å². The Kier molecular flexibility index (Phi) is 4.12. The van der Waals surface area contributed by atoms with Gasteiger partial charge < -0.3 is 15.2 Å². The van der Waals surface area contributed by atoms with Crippen LogP contribution in [0.4, 0.5) is 4.79 Å². The highest BCUT2D eigenvalue weighted by Gasteiger charge is 2.50. The van der Waals surface area contributed by atoms with Crippen LogP contribution in [0.1, 0.15) is 15.5 Å². The Balaban J connectivity index is 1.61. The van der Waals surface area contributed by atoms with E-state index >= 15 is 0 Å². The fourth-order valence-corrected chi connectivity index (χ4v) is 4.20. The number of amides is 4. The third-order valence-corrected chi connectivity index (χ3v) is 5.71. The average Bonchev–Trinajstić information content (AvgIpc) is 3.30. The van der Waals surface area contributed by atoms with Gasteiger partial charge in [-0.05, 0) is 29.7 Å². The molecule has 10 heteroatoms. The molecule has 0 bridgehead atoms. The summed E-state index contributed by atoms with van der Waals surface area (Å²) in [7, 11) is 1.71. The second-order valence-electron chi connectivity index (χ2n) is 6.15. The van der Waals surface area contributed by atoms with Crippen molar-refractivity contribution in [2.45, 2.75) is 5.54 Å². The Hall–Kier alpha value is -2.91. The number of hydrogen-bond acceptors (Lipinski definition) is 5. The maximum Gasteiger partial charge on any atom is 0.322 e. The fourth-order valence-electron chi connectivity index (χ4n) is 3.06. The van der Waals surface area contributed by atoms with Gasteiger partial charge in [0.05, 0.1) is 11.4 Å². The van der Waals surface area contributed by atoms with Crippen LogP contribution < -0.4 is 16.0 Å². The smallest absolute Gasteiger partial charge is 0.322 e. The molecule has 1 aromatic carbocycles. The van der Waals surface area contributed by atoms with Crippen molar-refractivity contribution in [3.05, 3.63) is 52.4 Å². The van der Waals surface area contributed by atoms with Crippen molar-refractivity contribution >= 4 is 50.9 Å². The van der Waals surface area contributed by atoms with Crippen LogP contribution in [0.2, 0.25) is 5.02 Å². The number of benzene rings is 1. The molecule has 4 amide bonds. The zero-order chi connectivity index (χ0) is 19.2. The Morgan fingerprint density at radius 2 is 2.19 bits per heavy atom. The Morgan fingerprint density at radius 1 is 1.37 bits per heavy atom. The molecular formula is C17H14ClN5O3S. The molecule has 0 radical (unpaired) electrons. The molecule has 8 nitrogen and oxygen atoms in total. The van der Waals surface area contributed by atoms with Crippen molar-refractivity contribution < 1.29 is 14.4 Å². The quantitative estimate of drug-likeness (QED) is 0.577. The number of urea groups is 1. The number of imidazole rings is 1. The van der Waals surface area contributed by atoms with E-state index in [1.54, 1.807) is 36.0 Å². The molecule has 0 aliphatic carbocycles. The maximum absolute atomic E-state index is 12.6. The van der Waals surface area contributed by atoms with E-state index in [1.165, 1.54) is 17.5 Å². The first kappa shape index (κ1) is 17.5. The van der Waals surface area contributed by atoms with Crippen LogP contribution in [0.15, 0.2) is 36.7 Å². The van der Waals surface area contributed by atoms with Crippen LogP contribution in [-0.4, -0.2) is 33.9 Å². The molecular weight excluding hydrogens is 390 g/mol. The SMILES string of the molecule is Cn1ccnc1C1(CNC(=O)c2cc3cc(Cl)ccc3s2)NC(=O)NC1=O. The molecule has 1 aliphatic heterocycles. The van der Waals surface area contributed by atoms with Gasteiger partial charge in [0.2, 0.25) is 0 Å². The summed E-state index contributed by atoms with van der Waals surface area (Å²) in [5.41, 5.74) is -1.47. The first-order chi connectivity index (χ1) is 12.9. The zero-order valence-electron chi connectivity index (χ0n) is 14.1. The van der Waals surface area contributed by atoms with E-state index in [2.05, 4.69) is 20.9 Å². The number of imide groups is 1. The van der Waals surface area contributed by atoms with Crippen LogP contribution in [0.25, 0.3) is 10.1 Å². The lowest BCUT2D eigenvalue weighted by molar-refractivity contribution is -0.124. The van der Waals surface area contributed by atoms with Crippen LogP contribution in [0.5, 0.6) is 0 Å². The van der Waals surface area contributed by atoms with E-state index in [1.807, 2.05) is 6.07 Å². The predicted molar refractivity (Wildman–Crippen MR) is 101 cm³/mol. The molecule has 1 saturated heterocycles. The average molecular weight is 404 g/mol. The summed E-state index contributed by atoms with van der Waals surface area (Å²) in [6.07, 6.45) is 3.18. The number of hydrogen-bond donors (Lipinski definition) is 3. The number of nitrogens with zero attached hydrogens (tertiary/aromatic N) is 2. The van der Waals surface area contributed by atoms with Crippen molar-refractivity contribution in [2.75, 3.05) is 6.54 Å². The number of aryl methyl sites for hydroxylation is 1. The summed E-state index contributed by atoms with van der Waals surface area (Å²) in [5.74, 6) is -0.589. The van der Waals surface area contributed by atoms with Gasteiger partial charge in [0.1, 0.15) is 5.82 Å². The monoisotopic (exact) mass is 403 g/mol. The van der Waals surface area contributed by atoms with Crippen molar-refractivity contribution in [3.63, 3.8) is 0 Å². The van der Waals surface area contributed by atoms with Crippen molar-refractivity contribution in [1.29, 1.82) is 0 Å². The second kappa shape index (κ2) is 6.36. The number of halogens is 1. The Morgan fingerprint density at radius 3 is 2.85 bits per heavy atom. The molecule has 0 spiro atoms. The summed E-state index contributed by atoms with van der Waals surface area (Å²) in [4.78, 5) is 41.5. The van der Waals surface area contributed by atoms with E-state index in [-0.39, 0.29) is 12.5 Å². The summed E-state index contributed by atoms with van der Waals surface area (Å²) >= 11 is 7.30. The van der Waals surface area contributed by atoms with Crippen molar-refractivity contribution in [2.24, 2.45) is 7.05 Å². The van der Waals surface area contributed by atoms with Crippen molar-refractivity contribution in [1.82, 2.24) is 25.5 Å². The highest BCUT2D eigenvalue weighted by atomic mass is 35.5. The van der Waals surface area contributed by atoms with Gasteiger partial charge in [-0.15, -0.1) is 11.3 Å². The van der Waals surface area contributed by atoms with E-state index in [0.717, 1.165) is 10.1 Å². The lowest BCUT2D eigenvalue weighted by Crippen LogP contribution is -2.54. The van der Waals surface area contributed by atoms with Gasteiger partial charge in [-0.3, -0.25) is 14.9 Å². The lowest BCUT2D eigenvalue weighted by atomic mass is 9.98. The highest BCUT2D eigenvalue weighted by Crippen LogP contribution is 2.28. The van der Waals surface area contributed by atoms with Gasteiger partial charge in [-0.2, -0.15) is 0 Å². The molecule has 138 valence electrons. The minimum absolute atomic E-state index is 0.136. The molecule has 1 unspecified atom stereocenters. The number of rotatable bonds is 4. The van der Waals surface area contributed by atoms with E-state index < -0.39 is 17.5 Å². The third kappa shape index (κ3) is 2.94. The lowest BCUT2D eigenvalue weighted by Gasteiger charge is -2.25. The fraction of sp³-hybridized carbons (Fsp3) is 0.176. The first-order valence-corrected chi connectivity index (χ1v) is 9.17. The van der Waals surface area contributed by atoms with Gasteiger partial charge in [0.15, 0.2) is 5.54 Å². The molecule has 1 atom stereocenters. The van der Waals surface area contributed by atoms with E-state index in [9.17, 15) is 14.4 Å². The number of fused-ring (bicyclic) bond motifs is 1. The standard InChI is InChI=1S/C17H14ClN5O3S/c1-23-5-4-19-14(23)17(15(25)21-16(26)22-17)8-20-13(24)12-7-9-6-10(18)2-3-11(9)27-12/h2-7H,8H2,1H3,(H,20,24)(H2,21,22,25,26). The molecule has 3 heterocycles. The Bertz CT molecular complexity index is 1090. The zero-order valence-corrected chi connectivity index (χ0v) is 15.6. The molecule has 4 rings (SSSR count). The highest BCUT2D eigenvalue weighted by molar-refractivity contribution is 7.20. The normalized spacial score (nSPS) is 19.2. The minimum Gasteiger partial charge on any atom is -0.348 e. The Labute approximate surface area is 162 Å². The third-order valence-electron chi connectivity index (χ3n) is 4.36. The van der Waals surface area contributed by atoms with Crippen LogP contribution in [0.3, 0.4) is 0 Å². The van der Waals surface area contributed by atoms with Crippen molar-refractivity contribution in [3.8, 4) is 0 Å². The van der Waals surface area contributed by atoms with Crippen LogP contribution >= 0.6 is 22.9 Å². The molecule has 27 heavy (non-hydrogen) atoms. The minimum atomic E-state index is -1.47. The topological polar surface area (TPSA) is 105 Å². The summed E-state index contributed by atoms with van der Waals surface area (Å²) in [6.45, 7) is -0.136. The number of aromatic nitrogens is 2. The van der Waals surface area contributed by atoms with E-state index in [4.69, 9.17) is 11.6 Å². The van der Waals surface area contributed by atoms with Gasteiger partial charge in [0, 0.05) is 29.2 Å². The molecule has 1 aliphatic rings. The number of carbonyl (C=O) groups is 3. The number of thiophene rings is 1. The van der Waals surface area contributed by atoms with Gasteiger partial charge in [0.25, 0.3) is 11.8 Å². The largest absolute Gasteiger partial charge is 0.348 e. The van der Waals surface area contributed by atoms with Crippen LogP contribution in [-0.2, 0) is 17.4 Å². The van der Waals surface area contributed by atoms with Gasteiger partial charge >= 0.3 is 6.03 Å². The number of carbonyl (C=O) groups excluding carboxylic acids is 3. The summed E-state index contributed by atoms with van der Waals surface area (Å²) in [6, 6.07) is 6.50. The molecule has 1 fully saturated rings. The molecule has 3 aromatic rings. The summed E-state index contributed by atoms with van der Waals surface area (Å²) < 4.78 is 2.55. The molecule has 3 N–H and O–H groups in total. The van der Waals surface area contributed by atoms with E-state index in [0.29, 0.717) is 15.7 Å². The molecule has 2 aromatic heterocycles. The summed E-state index contributed by atoms with van der Waals surface area (Å²) in [5, 5.41) is 8.99. The number of nitrogens with one attached hydrogen (secondary N) is 3. The van der Waals surface area contributed by atoms with Gasteiger partial charge in [-0.25, -0.2) is 9.78 Å². The molecule has 0 saturated carbocycles.